The molecular formula is C8H8N4O. The van der Waals surface area contributed by atoms with Crippen LogP contribution >= 0.6 is 0 Å². The Balaban J connectivity index is 2.41. The van der Waals surface area contributed by atoms with Gasteiger partial charge in [0, 0.05) is 19.3 Å². The van der Waals surface area contributed by atoms with E-state index in [0.29, 0.717) is 17.5 Å². The molecule has 0 unspecified atom stereocenters. The van der Waals surface area contributed by atoms with Crippen LogP contribution in [0.2, 0.25) is 0 Å². The molecule has 0 aliphatic heterocycles. The Kier molecular flexibility index (Phi) is 1.77. The molecule has 2 heterocycles. The Morgan fingerprint density at radius 2 is 1.77 bits per heavy atom. The SMILES string of the molecule is Cc1cnc(-c2noc(C)n2)nc1. The zero-order valence-electron chi connectivity index (χ0n) is 7.35. The highest BCUT2D eigenvalue weighted by atomic mass is 16.5. The molecule has 0 aliphatic rings. The molecule has 0 aromatic carbocycles. The predicted molar refractivity (Wildman–Crippen MR) is 44.8 cm³/mol. The highest BCUT2D eigenvalue weighted by molar-refractivity contribution is 5.40. The molecule has 0 N–H and O–H groups in total. The smallest absolute Gasteiger partial charge is 0.240 e. The Labute approximate surface area is 74.8 Å². The van der Waals surface area contributed by atoms with Crippen LogP contribution in [0.15, 0.2) is 16.9 Å². The first-order valence-electron chi connectivity index (χ1n) is 3.85. The molecular weight excluding hydrogens is 168 g/mol. The van der Waals surface area contributed by atoms with Crippen LogP contribution in [0.25, 0.3) is 11.6 Å². The van der Waals surface area contributed by atoms with Crippen LogP contribution in [0.4, 0.5) is 0 Å². The van der Waals surface area contributed by atoms with Crippen molar-refractivity contribution < 1.29 is 4.52 Å². The van der Waals surface area contributed by atoms with Crippen molar-refractivity contribution in [3.8, 4) is 11.6 Å². The fourth-order valence-electron chi connectivity index (χ4n) is 0.898. The standard InChI is InChI=1S/C8H8N4O/c1-5-3-9-7(10-4-5)8-11-6(2)13-12-8/h3-4H,1-2H3. The monoisotopic (exact) mass is 176 g/mol. The van der Waals surface area contributed by atoms with Crippen LogP contribution in [0.5, 0.6) is 0 Å². The maximum Gasteiger partial charge on any atom is 0.240 e. The summed E-state index contributed by atoms with van der Waals surface area (Å²) in [7, 11) is 0. The normalized spacial score (nSPS) is 10.3. The lowest BCUT2D eigenvalue weighted by Gasteiger charge is -1.91. The number of rotatable bonds is 1. The second kappa shape index (κ2) is 2.93. The zero-order valence-corrected chi connectivity index (χ0v) is 7.35. The van der Waals surface area contributed by atoms with E-state index in [1.54, 1.807) is 19.3 Å². The van der Waals surface area contributed by atoms with Crippen molar-refractivity contribution in [3.63, 3.8) is 0 Å². The maximum absolute atomic E-state index is 4.81. The summed E-state index contributed by atoms with van der Waals surface area (Å²) in [6.07, 6.45) is 3.43. The molecule has 0 aliphatic carbocycles. The third-order valence-electron chi connectivity index (χ3n) is 1.51. The Morgan fingerprint density at radius 1 is 1.08 bits per heavy atom. The molecule has 0 amide bonds. The van der Waals surface area contributed by atoms with Crippen molar-refractivity contribution in [2.45, 2.75) is 13.8 Å². The third kappa shape index (κ3) is 1.53. The Hall–Kier alpha value is -1.78. The lowest BCUT2D eigenvalue weighted by atomic mass is 10.4. The van der Waals surface area contributed by atoms with E-state index in [-0.39, 0.29) is 0 Å². The molecule has 0 fully saturated rings. The lowest BCUT2D eigenvalue weighted by molar-refractivity contribution is 0.394. The van der Waals surface area contributed by atoms with Gasteiger partial charge in [-0.2, -0.15) is 4.98 Å². The van der Waals surface area contributed by atoms with E-state index in [2.05, 4.69) is 20.1 Å². The van der Waals surface area contributed by atoms with Gasteiger partial charge in [0.15, 0.2) is 0 Å². The van der Waals surface area contributed by atoms with Gasteiger partial charge in [-0.05, 0) is 12.5 Å². The summed E-state index contributed by atoms with van der Waals surface area (Å²) in [5, 5.41) is 3.70. The second-order valence-electron chi connectivity index (χ2n) is 2.72. The maximum atomic E-state index is 4.81. The van der Waals surface area contributed by atoms with E-state index in [9.17, 15) is 0 Å². The minimum Gasteiger partial charge on any atom is -0.339 e. The number of aryl methyl sites for hydroxylation is 2. The summed E-state index contributed by atoms with van der Waals surface area (Å²) in [5.41, 5.74) is 1.00. The zero-order chi connectivity index (χ0) is 9.26. The van der Waals surface area contributed by atoms with Crippen LogP contribution in [0.3, 0.4) is 0 Å². The minimum absolute atomic E-state index is 0.428. The molecule has 0 atom stereocenters. The van der Waals surface area contributed by atoms with Gasteiger partial charge >= 0.3 is 0 Å². The summed E-state index contributed by atoms with van der Waals surface area (Å²) in [5.74, 6) is 1.43. The molecule has 66 valence electrons. The molecule has 0 radical (unpaired) electrons. The van der Waals surface area contributed by atoms with Gasteiger partial charge in [0.2, 0.25) is 17.5 Å². The first-order valence-corrected chi connectivity index (χ1v) is 3.85. The van der Waals surface area contributed by atoms with Crippen molar-refractivity contribution in [3.05, 3.63) is 23.8 Å². The van der Waals surface area contributed by atoms with Crippen molar-refractivity contribution in [1.82, 2.24) is 20.1 Å². The number of hydrogen-bond donors (Lipinski definition) is 0. The molecule has 5 heteroatoms. The Bertz CT molecular complexity index is 406. The van der Waals surface area contributed by atoms with Gasteiger partial charge in [-0.25, -0.2) is 9.97 Å². The minimum atomic E-state index is 0.428. The summed E-state index contributed by atoms with van der Waals surface area (Å²) in [6, 6.07) is 0. The quantitative estimate of drug-likeness (QED) is 0.651. The van der Waals surface area contributed by atoms with Crippen LogP contribution in [0.1, 0.15) is 11.5 Å². The largest absolute Gasteiger partial charge is 0.339 e. The van der Waals surface area contributed by atoms with E-state index >= 15 is 0 Å². The van der Waals surface area contributed by atoms with Crippen LogP contribution < -0.4 is 0 Å². The van der Waals surface area contributed by atoms with Crippen molar-refractivity contribution in [1.29, 1.82) is 0 Å². The van der Waals surface area contributed by atoms with Gasteiger partial charge in [0.05, 0.1) is 0 Å². The summed E-state index contributed by atoms with van der Waals surface area (Å²) >= 11 is 0. The van der Waals surface area contributed by atoms with Gasteiger partial charge in [-0.3, -0.25) is 0 Å². The van der Waals surface area contributed by atoms with Crippen LogP contribution in [0, 0.1) is 13.8 Å². The van der Waals surface area contributed by atoms with E-state index < -0.39 is 0 Å². The first-order chi connectivity index (χ1) is 6.25. The van der Waals surface area contributed by atoms with Crippen LogP contribution in [-0.4, -0.2) is 20.1 Å². The topological polar surface area (TPSA) is 64.7 Å². The molecule has 0 saturated heterocycles. The van der Waals surface area contributed by atoms with Gasteiger partial charge in [0.1, 0.15) is 0 Å². The average Bonchev–Trinajstić information content (AvgIpc) is 2.53. The molecule has 0 spiro atoms. The Morgan fingerprint density at radius 3 is 2.31 bits per heavy atom. The van der Waals surface area contributed by atoms with E-state index in [1.165, 1.54) is 0 Å². The summed E-state index contributed by atoms with van der Waals surface area (Å²) < 4.78 is 4.81. The molecule has 2 aromatic heterocycles. The van der Waals surface area contributed by atoms with E-state index in [4.69, 9.17) is 4.52 Å². The summed E-state index contributed by atoms with van der Waals surface area (Å²) in [6.45, 7) is 3.65. The predicted octanol–water partition coefficient (Wildman–Crippen LogP) is 1.14. The molecule has 5 nitrogen and oxygen atoms in total. The third-order valence-corrected chi connectivity index (χ3v) is 1.51. The molecule has 0 bridgehead atoms. The van der Waals surface area contributed by atoms with Crippen molar-refractivity contribution in [2.24, 2.45) is 0 Å². The average molecular weight is 176 g/mol. The highest BCUT2D eigenvalue weighted by Gasteiger charge is 2.07. The summed E-state index contributed by atoms with van der Waals surface area (Å²) in [4.78, 5) is 12.1. The van der Waals surface area contributed by atoms with Crippen molar-refractivity contribution in [2.75, 3.05) is 0 Å². The number of hydrogen-bond acceptors (Lipinski definition) is 5. The fourth-order valence-corrected chi connectivity index (χ4v) is 0.898. The first kappa shape index (κ1) is 7.85. The molecule has 2 aromatic rings. The van der Waals surface area contributed by atoms with E-state index in [1.807, 2.05) is 6.92 Å². The molecule has 2 rings (SSSR count). The van der Waals surface area contributed by atoms with Gasteiger partial charge in [-0.1, -0.05) is 5.16 Å². The molecule has 0 saturated carbocycles. The van der Waals surface area contributed by atoms with Gasteiger partial charge in [0.25, 0.3) is 0 Å². The van der Waals surface area contributed by atoms with E-state index in [0.717, 1.165) is 5.56 Å². The van der Waals surface area contributed by atoms with Gasteiger partial charge < -0.3 is 4.52 Å². The highest BCUT2D eigenvalue weighted by Crippen LogP contribution is 2.08. The second-order valence-corrected chi connectivity index (χ2v) is 2.72. The number of aromatic nitrogens is 4. The van der Waals surface area contributed by atoms with Crippen LogP contribution in [-0.2, 0) is 0 Å². The van der Waals surface area contributed by atoms with Crippen molar-refractivity contribution >= 4 is 0 Å². The molecule has 13 heavy (non-hydrogen) atoms. The van der Waals surface area contributed by atoms with Gasteiger partial charge in [-0.15, -0.1) is 0 Å². The fraction of sp³-hybridized carbons (Fsp3) is 0.250. The lowest BCUT2D eigenvalue weighted by Crippen LogP contribution is -1.90. The number of nitrogens with zero attached hydrogens (tertiary/aromatic N) is 4.